The number of primary amides is 1. The molecule has 0 unspecified atom stereocenters. The van der Waals surface area contributed by atoms with Crippen LogP contribution >= 0.6 is 0 Å². The van der Waals surface area contributed by atoms with E-state index in [1.807, 2.05) is 0 Å². The maximum absolute atomic E-state index is 10.8. The molecule has 92 valence electrons. The van der Waals surface area contributed by atoms with Gasteiger partial charge in [0.05, 0.1) is 7.11 Å². The molecule has 0 aromatic carbocycles. The SMILES string of the molecule is COC(=O)CCCCCCC/C=C/C(N)=O. The van der Waals surface area contributed by atoms with E-state index in [1.54, 1.807) is 6.08 Å². The molecule has 0 saturated heterocycles. The summed E-state index contributed by atoms with van der Waals surface area (Å²) in [5.74, 6) is -0.525. The number of nitrogens with two attached hydrogens (primary N) is 1. The molecule has 2 N–H and O–H groups in total. The zero-order chi connectivity index (χ0) is 12.2. The van der Waals surface area contributed by atoms with Gasteiger partial charge in [-0.1, -0.05) is 25.3 Å². The summed E-state index contributed by atoms with van der Waals surface area (Å²) in [5.41, 5.74) is 4.94. The van der Waals surface area contributed by atoms with Crippen molar-refractivity contribution < 1.29 is 14.3 Å². The Labute approximate surface area is 96.8 Å². The van der Waals surface area contributed by atoms with E-state index in [-0.39, 0.29) is 5.97 Å². The molecule has 4 heteroatoms. The van der Waals surface area contributed by atoms with Gasteiger partial charge in [0.25, 0.3) is 0 Å². The minimum absolute atomic E-state index is 0.135. The van der Waals surface area contributed by atoms with Crippen LogP contribution in [-0.4, -0.2) is 19.0 Å². The smallest absolute Gasteiger partial charge is 0.305 e. The molecule has 0 heterocycles. The van der Waals surface area contributed by atoms with Crippen LogP contribution in [0.2, 0.25) is 0 Å². The van der Waals surface area contributed by atoms with E-state index in [4.69, 9.17) is 5.73 Å². The molecule has 4 nitrogen and oxygen atoms in total. The van der Waals surface area contributed by atoms with Crippen LogP contribution in [0.4, 0.5) is 0 Å². The minimum atomic E-state index is -0.391. The third kappa shape index (κ3) is 10.8. The number of ether oxygens (including phenoxy) is 1. The van der Waals surface area contributed by atoms with Crippen LogP contribution in [0.5, 0.6) is 0 Å². The first-order valence-electron chi connectivity index (χ1n) is 5.69. The first-order valence-corrected chi connectivity index (χ1v) is 5.69. The van der Waals surface area contributed by atoms with Gasteiger partial charge in [-0.05, 0) is 25.3 Å². The Kier molecular flexibility index (Phi) is 9.36. The number of rotatable bonds is 9. The molecule has 0 atom stereocenters. The standard InChI is InChI=1S/C12H21NO3/c1-16-12(15)10-8-6-4-2-3-5-7-9-11(13)14/h7,9H,2-6,8,10H2,1H3,(H2,13,14)/b9-7+. The summed E-state index contributed by atoms with van der Waals surface area (Å²) in [6.07, 6.45) is 9.83. The van der Waals surface area contributed by atoms with Crippen LogP contribution in [0.1, 0.15) is 44.9 Å². The van der Waals surface area contributed by atoms with Gasteiger partial charge < -0.3 is 10.5 Å². The molecule has 16 heavy (non-hydrogen) atoms. The van der Waals surface area contributed by atoms with Crippen LogP contribution in [0.25, 0.3) is 0 Å². The highest BCUT2D eigenvalue weighted by atomic mass is 16.5. The number of carbonyl (C=O) groups is 2. The highest BCUT2D eigenvalue weighted by Crippen LogP contribution is 2.07. The first-order chi connectivity index (χ1) is 7.66. The van der Waals surface area contributed by atoms with E-state index >= 15 is 0 Å². The predicted molar refractivity (Wildman–Crippen MR) is 62.7 cm³/mol. The lowest BCUT2D eigenvalue weighted by molar-refractivity contribution is -0.140. The zero-order valence-electron chi connectivity index (χ0n) is 9.91. The van der Waals surface area contributed by atoms with Crippen molar-refractivity contribution in [3.8, 4) is 0 Å². The molecule has 0 spiro atoms. The molecular formula is C12H21NO3. The van der Waals surface area contributed by atoms with Crippen molar-refractivity contribution in [2.24, 2.45) is 5.73 Å². The van der Waals surface area contributed by atoms with Gasteiger partial charge >= 0.3 is 5.97 Å². The fraction of sp³-hybridized carbons (Fsp3) is 0.667. The van der Waals surface area contributed by atoms with Crippen LogP contribution in [0.15, 0.2) is 12.2 Å². The summed E-state index contributed by atoms with van der Waals surface area (Å²) in [6, 6.07) is 0. The quantitative estimate of drug-likeness (QED) is 0.372. The van der Waals surface area contributed by atoms with Crippen molar-refractivity contribution in [1.82, 2.24) is 0 Å². The number of hydrogen-bond acceptors (Lipinski definition) is 3. The van der Waals surface area contributed by atoms with E-state index in [2.05, 4.69) is 4.74 Å². The fourth-order valence-electron chi connectivity index (χ4n) is 1.36. The number of amides is 1. The van der Waals surface area contributed by atoms with E-state index in [1.165, 1.54) is 13.2 Å². The highest BCUT2D eigenvalue weighted by molar-refractivity contribution is 5.85. The summed E-state index contributed by atoms with van der Waals surface area (Å²) in [4.78, 5) is 21.1. The average Bonchev–Trinajstić information content (AvgIpc) is 2.26. The Morgan fingerprint density at radius 2 is 1.75 bits per heavy atom. The lowest BCUT2D eigenvalue weighted by Gasteiger charge is -1.99. The summed E-state index contributed by atoms with van der Waals surface area (Å²) in [6.45, 7) is 0. The molecule has 0 aliphatic rings. The summed E-state index contributed by atoms with van der Waals surface area (Å²) < 4.78 is 4.54. The molecule has 0 aliphatic heterocycles. The Bertz CT molecular complexity index is 236. The van der Waals surface area contributed by atoms with Gasteiger partial charge in [0.15, 0.2) is 0 Å². The maximum Gasteiger partial charge on any atom is 0.305 e. The van der Waals surface area contributed by atoms with Crippen LogP contribution < -0.4 is 5.73 Å². The van der Waals surface area contributed by atoms with Crippen LogP contribution in [0, 0.1) is 0 Å². The molecule has 0 aromatic rings. The van der Waals surface area contributed by atoms with Gasteiger partial charge in [0.1, 0.15) is 0 Å². The van der Waals surface area contributed by atoms with Gasteiger partial charge in [-0.15, -0.1) is 0 Å². The Morgan fingerprint density at radius 1 is 1.12 bits per heavy atom. The third-order valence-electron chi connectivity index (χ3n) is 2.26. The van der Waals surface area contributed by atoms with Crippen LogP contribution in [-0.2, 0) is 14.3 Å². The molecule has 0 bridgehead atoms. The molecule has 0 radical (unpaired) electrons. The number of carbonyl (C=O) groups excluding carboxylic acids is 2. The second-order valence-corrected chi connectivity index (χ2v) is 3.69. The largest absolute Gasteiger partial charge is 0.469 e. The lowest BCUT2D eigenvalue weighted by Crippen LogP contribution is -2.05. The first kappa shape index (κ1) is 14.7. The highest BCUT2D eigenvalue weighted by Gasteiger charge is 1.98. The van der Waals surface area contributed by atoms with Gasteiger partial charge in [-0.25, -0.2) is 0 Å². The Balaban J connectivity index is 3.16. The predicted octanol–water partition coefficient (Wildman–Crippen LogP) is 1.93. The maximum atomic E-state index is 10.8. The van der Waals surface area contributed by atoms with E-state index < -0.39 is 5.91 Å². The number of esters is 1. The van der Waals surface area contributed by atoms with Crippen molar-refractivity contribution >= 4 is 11.9 Å². The number of methoxy groups -OCH3 is 1. The molecule has 1 amide bonds. The number of hydrogen-bond donors (Lipinski definition) is 1. The third-order valence-corrected chi connectivity index (χ3v) is 2.26. The summed E-state index contributed by atoms with van der Waals surface area (Å²) in [5, 5.41) is 0. The molecule has 0 aliphatic carbocycles. The van der Waals surface area contributed by atoms with E-state index in [0.29, 0.717) is 6.42 Å². The lowest BCUT2D eigenvalue weighted by atomic mass is 10.1. The summed E-state index contributed by atoms with van der Waals surface area (Å²) in [7, 11) is 1.41. The zero-order valence-corrected chi connectivity index (χ0v) is 9.91. The number of allylic oxidation sites excluding steroid dienone is 1. The van der Waals surface area contributed by atoms with Gasteiger partial charge in [-0.2, -0.15) is 0 Å². The monoisotopic (exact) mass is 227 g/mol. The second kappa shape index (κ2) is 10.2. The van der Waals surface area contributed by atoms with Crippen molar-refractivity contribution in [3.63, 3.8) is 0 Å². The Morgan fingerprint density at radius 3 is 2.38 bits per heavy atom. The van der Waals surface area contributed by atoms with Gasteiger partial charge in [0, 0.05) is 6.42 Å². The van der Waals surface area contributed by atoms with Crippen LogP contribution in [0.3, 0.4) is 0 Å². The summed E-state index contributed by atoms with van der Waals surface area (Å²) >= 11 is 0. The molecule has 0 saturated carbocycles. The fourth-order valence-corrected chi connectivity index (χ4v) is 1.36. The number of unbranched alkanes of at least 4 members (excludes halogenated alkanes) is 5. The van der Waals surface area contributed by atoms with Crippen molar-refractivity contribution in [3.05, 3.63) is 12.2 Å². The van der Waals surface area contributed by atoms with Crippen molar-refractivity contribution in [2.45, 2.75) is 44.9 Å². The topological polar surface area (TPSA) is 69.4 Å². The van der Waals surface area contributed by atoms with Gasteiger partial charge in [0.2, 0.25) is 5.91 Å². The molecular weight excluding hydrogens is 206 g/mol. The molecule has 0 rings (SSSR count). The second-order valence-electron chi connectivity index (χ2n) is 3.69. The molecule has 0 fully saturated rings. The van der Waals surface area contributed by atoms with E-state index in [0.717, 1.165) is 38.5 Å². The molecule has 0 aromatic heterocycles. The normalized spacial score (nSPS) is 10.6. The van der Waals surface area contributed by atoms with Crippen molar-refractivity contribution in [2.75, 3.05) is 7.11 Å². The van der Waals surface area contributed by atoms with E-state index in [9.17, 15) is 9.59 Å². The van der Waals surface area contributed by atoms with Gasteiger partial charge in [-0.3, -0.25) is 9.59 Å². The average molecular weight is 227 g/mol. The van der Waals surface area contributed by atoms with Crippen molar-refractivity contribution in [1.29, 1.82) is 0 Å². The minimum Gasteiger partial charge on any atom is -0.469 e. The Hall–Kier alpha value is -1.32.